The monoisotopic (exact) mass is 479 g/mol. The number of phenolic OH excluding ortho intramolecular Hbond substituents is 1. The van der Waals surface area contributed by atoms with Crippen LogP contribution in [0, 0.1) is 5.82 Å². The Morgan fingerprint density at radius 1 is 1.26 bits per heavy atom. The normalized spacial score (nSPS) is 16.1. The number of amides is 1. The lowest BCUT2D eigenvalue weighted by Gasteiger charge is -2.30. The highest BCUT2D eigenvalue weighted by Gasteiger charge is 2.28. The first-order valence-electron chi connectivity index (χ1n) is 11.5. The van der Waals surface area contributed by atoms with Gasteiger partial charge in [-0.25, -0.2) is 9.82 Å². The van der Waals surface area contributed by atoms with Crippen molar-refractivity contribution in [3.8, 4) is 11.5 Å². The molecule has 2 aromatic carbocycles. The van der Waals surface area contributed by atoms with Gasteiger partial charge in [0.05, 0.1) is 24.5 Å². The Labute approximate surface area is 200 Å². The first-order chi connectivity index (χ1) is 17.0. The van der Waals surface area contributed by atoms with Crippen LogP contribution in [-0.2, 0) is 0 Å². The molecule has 5 rings (SSSR count). The summed E-state index contributed by atoms with van der Waals surface area (Å²) in [7, 11) is 1.44. The zero-order valence-electron chi connectivity index (χ0n) is 19.3. The molecule has 2 aliphatic rings. The van der Waals surface area contributed by atoms with Crippen molar-refractivity contribution in [1.82, 2.24) is 15.3 Å². The zero-order valence-corrected chi connectivity index (χ0v) is 19.3. The SMILES string of the molecule is COc1ccc(/C=N/NC(=O)c2cn(C3CC3)c3cc(N4CCNCC4)c(F)cc3c2=O)cc1O. The van der Waals surface area contributed by atoms with Crippen LogP contribution in [0.3, 0.4) is 0 Å². The molecule has 1 aliphatic heterocycles. The van der Waals surface area contributed by atoms with Crippen LogP contribution in [0.2, 0.25) is 0 Å². The highest BCUT2D eigenvalue weighted by atomic mass is 19.1. The molecule has 182 valence electrons. The Balaban J connectivity index is 1.46. The number of phenols is 1. The number of nitrogens with one attached hydrogen (secondary N) is 2. The number of aromatic nitrogens is 1. The number of methoxy groups -OCH3 is 1. The first-order valence-corrected chi connectivity index (χ1v) is 11.5. The topological polar surface area (TPSA) is 108 Å². The van der Waals surface area contributed by atoms with Crippen molar-refractivity contribution in [3.05, 3.63) is 63.7 Å². The number of pyridine rings is 1. The van der Waals surface area contributed by atoms with Gasteiger partial charge in [-0.2, -0.15) is 5.10 Å². The molecular formula is C25H26FN5O4. The molecule has 0 unspecified atom stereocenters. The van der Waals surface area contributed by atoms with Crippen molar-refractivity contribution in [3.63, 3.8) is 0 Å². The van der Waals surface area contributed by atoms with Crippen LogP contribution in [0.5, 0.6) is 11.5 Å². The third-order valence-corrected chi connectivity index (χ3v) is 6.33. The van der Waals surface area contributed by atoms with Gasteiger partial charge in [0.2, 0.25) is 5.43 Å². The summed E-state index contributed by atoms with van der Waals surface area (Å²) in [5, 5.41) is 17.2. The molecule has 1 aliphatic carbocycles. The van der Waals surface area contributed by atoms with E-state index < -0.39 is 17.2 Å². The number of anilines is 1. The molecule has 0 spiro atoms. The predicted octanol–water partition coefficient (Wildman–Crippen LogP) is 2.36. The number of piperazine rings is 1. The van der Waals surface area contributed by atoms with Gasteiger partial charge in [0.15, 0.2) is 11.5 Å². The summed E-state index contributed by atoms with van der Waals surface area (Å²) < 4.78 is 22.0. The van der Waals surface area contributed by atoms with Crippen molar-refractivity contribution in [1.29, 1.82) is 0 Å². The van der Waals surface area contributed by atoms with Gasteiger partial charge in [-0.3, -0.25) is 9.59 Å². The second-order valence-corrected chi connectivity index (χ2v) is 8.70. The Morgan fingerprint density at radius 3 is 2.71 bits per heavy atom. The fourth-order valence-corrected chi connectivity index (χ4v) is 4.34. The smallest absolute Gasteiger partial charge is 0.276 e. The minimum absolute atomic E-state index is 0.0631. The number of ether oxygens (including phenoxy) is 1. The standard InChI is InChI=1S/C25H26FN5O4/c1-35-23-5-2-15(10-22(23)32)13-28-29-25(34)18-14-31(16-3-4-16)20-12-21(30-8-6-27-7-9-30)19(26)11-17(20)24(18)33/h2,5,10-14,16,27,32H,3-4,6-9H2,1H3,(H,29,34)/b28-13+. The number of benzene rings is 2. The molecule has 3 aromatic rings. The number of hydrogen-bond donors (Lipinski definition) is 3. The van der Waals surface area contributed by atoms with E-state index in [1.54, 1.807) is 24.4 Å². The number of hydrazone groups is 1. The van der Waals surface area contributed by atoms with Crippen LogP contribution < -0.4 is 25.8 Å². The highest BCUT2D eigenvalue weighted by Crippen LogP contribution is 2.38. The molecular weight excluding hydrogens is 453 g/mol. The number of carbonyl (C=O) groups is 1. The maximum atomic E-state index is 15.1. The van der Waals surface area contributed by atoms with Crippen LogP contribution >= 0.6 is 0 Å². The van der Waals surface area contributed by atoms with Gasteiger partial charge in [0, 0.05) is 43.8 Å². The van der Waals surface area contributed by atoms with E-state index in [0.29, 0.717) is 35.6 Å². The van der Waals surface area contributed by atoms with Gasteiger partial charge in [-0.1, -0.05) is 0 Å². The van der Waals surface area contributed by atoms with Crippen LogP contribution in [0.4, 0.5) is 10.1 Å². The summed E-state index contributed by atoms with van der Waals surface area (Å²) in [6.45, 7) is 2.90. The van der Waals surface area contributed by atoms with Crippen molar-refractivity contribution in [2.45, 2.75) is 18.9 Å². The highest BCUT2D eigenvalue weighted by molar-refractivity contribution is 5.98. The second kappa shape index (κ2) is 9.38. The number of fused-ring (bicyclic) bond motifs is 1. The number of nitrogens with zero attached hydrogens (tertiary/aromatic N) is 3. The quantitative estimate of drug-likeness (QED) is 0.370. The fourth-order valence-electron chi connectivity index (χ4n) is 4.34. The zero-order chi connectivity index (χ0) is 24.5. The summed E-state index contributed by atoms with van der Waals surface area (Å²) in [6.07, 6.45) is 4.75. The Hall–Kier alpha value is -3.92. The second-order valence-electron chi connectivity index (χ2n) is 8.70. The average molecular weight is 480 g/mol. The van der Waals surface area contributed by atoms with E-state index in [1.165, 1.54) is 25.5 Å². The van der Waals surface area contributed by atoms with Gasteiger partial charge >= 0.3 is 0 Å². The van der Waals surface area contributed by atoms with Crippen molar-refractivity contribution >= 4 is 28.7 Å². The number of hydrogen-bond acceptors (Lipinski definition) is 7. The largest absolute Gasteiger partial charge is 0.504 e. The predicted molar refractivity (Wildman–Crippen MR) is 131 cm³/mol. The number of carbonyl (C=O) groups excluding carboxylic acids is 1. The molecule has 9 nitrogen and oxygen atoms in total. The average Bonchev–Trinajstić information content (AvgIpc) is 3.70. The van der Waals surface area contributed by atoms with Crippen molar-refractivity contribution in [2.75, 3.05) is 38.2 Å². The van der Waals surface area contributed by atoms with Gasteiger partial charge in [-0.15, -0.1) is 0 Å². The Morgan fingerprint density at radius 2 is 2.03 bits per heavy atom. The Kier molecular flexibility index (Phi) is 6.12. The molecule has 1 aromatic heterocycles. The summed E-state index contributed by atoms with van der Waals surface area (Å²) in [5.74, 6) is -0.914. The first kappa shape index (κ1) is 22.9. The Bertz CT molecular complexity index is 1380. The number of halogens is 1. The van der Waals surface area contributed by atoms with Crippen LogP contribution in [0.25, 0.3) is 10.9 Å². The van der Waals surface area contributed by atoms with Crippen molar-refractivity contribution < 1.29 is 19.0 Å². The van der Waals surface area contributed by atoms with E-state index in [-0.39, 0.29) is 22.7 Å². The van der Waals surface area contributed by atoms with Gasteiger partial charge < -0.3 is 24.6 Å². The summed E-state index contributed by atoms with van der Waals surface area (Å²) in [5.41, 5.74) is 3.34. The maximum Gasteiger partial charge on any atom is 0.276 e. The number of rotatable bonds is 6. The molecule has 3 N–H and O–H groups in total. The van der Waals surface area contributed by atoms with E-state index in [2.05, 4.69) is 15.8 Å². The molecule has 1 amide bonds. The van der Waals surface area contributed by atoms with Gasteiger partial charge in [-0.05, 0) is 48.7 Å². The summed E-state index contributed by atoms with van der Waals surface area (Å²) >= 11 is 0. The molecule has 0 atom stereocenters. The molecule has 2 fully saturated rings. The lowest BCUT2D eigenvalue weighted by Crippen LogP contribution is -2.43. The van der Waals surface area contributed by atoms with Crippen LogP contribution in [0.15, 0.2) is 46.4 Å². The van der Waals surface area contributed by atoms with E-state index in [9.17, 15) is 14.7 Å². The van der Waals surface area contributed by atoms with Gasteiger partial charge in [0.1, 0.15) is 11.4 Å². The molecule has 10 heteroatoms. The van der Waals surface area contributed by atoms with E-state index >= 15 is 4.39 Å². The molecule has 0 bridgehead atoms. The van der Waals surface area contributed by atoms with E-state index in [1.807, 2.05) is 9.47 Å². The third-order valence-electron chi connectivity index (χ3n) is 6.33. The van der Waals surface area contributed by atoms with Crippen LogP contribution in [0.1, 0.15) is 34.8 Å². The fraction of sp³-hybridized carbons (Fsp3) is 0.320. The molecule has 2 heterocycles. The van der Waals surface area contributed by atoms with Crippen molar-refractivity contribution in [2.24, 2.45) is 5.10 Å². The molecule has 35 heavy (non-hydrogen) atoms. The third kappa shape index (κ3) is 4.57. The number of aromatic hydroxyl groups is 1. The van der Waals surface area contributed by atoms with Crippen LogP contribution in [-0.4, -0.2) is 55.1 Å². The molecule has 0 radical (unpaired) electrons. The molecule has 1 saturated carbocycles. The minimum Gasteiger partial charge on any atom is -0.504 e. The maximum absolute atomic E-state index is 15.1. The lowest BCUT2D eigenvalue weighted by atomic mass is 10.1. The minimum atomic E-state index is -0.688. The van der Waals surface area contributed by atoms with E-state index in [0.717, 1.165) is 25.9 Å². The molecule has 1 saturated heterocycles. The van der Waals surface area contributed by atoms with E-state index in [4.69, 9.17) is 4.74 Å². The summed E-state index contributed by atoms with van der Waals surface area (Å²) in [6, 6.07) is 7.79. The summed E-state index contributed by atoms with van der Waals surface area (Å²) in [4.78, 5) is 28.0. The lowest BCUT2D eigenvalue weighted by molar-refractivity contribution is 0.0953. The van der Waals surface area contributed by atoms with Gasteiger partial charge in [0.25, 0.3) is 5.91 Å².